The highest BCUT2D eigenvalue weighted by Gasteiger charge is 2.21. The number of benzene rings is 3. The van der Waals surface area contributed by atoms with Crippen molar-refractivity contribution in [2.24, 2.45) is 5.10 Å². The van der Waals surface area contributed by atoms with Crippen molar-refractivity contribution in [2.75, 3.05) is 0 Å². The third-order valence-electron chi connectivity index (χ3n) is 5.31. The number of nitro groups is 1. The fraction of sp³-hybridized carbons (Fsp3) is 0.120. The van der Waals surface area contributed by atoms with Gasteiger partial charge < -0.3 is 9.84 Å². The summed E-state index contributed by atoms with van der Waals surface area (Å²) in [5, 5.41) is 25.6. The normalized spacial score (nSPS) is 11.2. The second-order valence-corrected chi connectivity index (χ2v) is 9.58. The zero-order valence-corrected chi connectivity index (χ0v) is 22.4. The largest absolute Gasteiger partial charge is 0.481 e. The van der Waals surface area contributed by atoms with Crippen molar-refractivity contribution in [2.45, 2.75) is 20.0 Å². The van der Waals surface area contributed by atoms with Crippen molar-refractivity contribution in [1.29, 1.82) is 0 Å². The van der Waals surface area contributed by atoms with Crippen molar-refractivity contribution >= 4 is 60.6 Å². The smallest absolute Gasteiger partial charge is 0.335 e. The number of hydrogen-bond acceptors (Lipinski definition) is 7. The van der Waals surface area contributed by atoms with Gasteiger partial charge in [0.2, 0.25) is 5.75 Å². The molecule has 1 heterocycles. The number of rotatable bonds is 8. The number of aromatic nitrogens is 2. The van der Waals surface area contributed by atoms with E-state index in [1.54, 1.807) is 36.4 Å². The Kier molecular flexibility index (Phi) is 7.79. The van der Waals surface area contributed by atoms with E-state index in [0.717, 1.165) is 4.47 Å². The molecule has 37 heavy (non-hydrogen) atoms. The topological polar surface area (TPSA) is 137 Å². The van der Waals surface area contributed by atoms with Crippen LogP contribution in [0.15, 0.2) is 73.4 Å². The van der Waals surface area contributed by atoms with E-state index in [0.29, 0.717) is 38.7 Å². The number of carbonyl (C=O) groups is 1. The molecule has 10 nitrogen and oxygen atoms in total. The molecule has 0 atom stereocenters. The van der Waals surface area contributed by atoms with Crippen LogP contribution >= 0.6 is 31.9 Å². The van der Waals surface area contributed by atoms with Gasteiger partial charge in [-0.3, -0.25) is 14.9 Å². The molecule has 0 amide bonds. The molecule has 0 spiro atoms. The molecule has 0 bridgehead atoms. The Morgan fingerprint density at radius 1 is 1.22 bits per heavy atom. The second kappa shape index (κ2) is 11.0. The number of carboxylic acids is 1. The fourth-order valence-corrected chi connectivity index (χ4v) is 4.51. The van der Waals surface area contributed by atoms with Gasteiger partial charge in [0.1, 0.15) is 12.4 Å². The highest BCUT2D eigenvalue weighted by atomic mass is 79.9. The van der Waals surface area contributed by atoms with Crippen molar-refractivity contribution in [3.05, 3.63) is 107 Å². The molecule has 4 rings (SSSR count). The molecule has 0 aliphatic carbocycles. The predicted octanol–water partition coefficient (Wildman–Crippen LogP) is 5.55. The zero-order valence-electron chi connectivity index (χ0n) is 19.2. The zero-order chi connectivity index (χ0) is 26.7. The van der Waals surface area contributed by atoms with Crippen molar-refractivity contribution < 1.29 is 19.6 Å². The van der Waals surface area contributed by atoms with Crippen LogP contribution in [0, 0.1) is 10.1 Å². The van der Waals surface area contributed by atoms with E-state index < -0.39 is 10.9 Å². The first-order valence-corrected chi connectivity index (χ1v) is 12.4. The molecule has 0 unspecified atom stereocenters. The lowest BCUT2D eigenvalue weighted by molar-refractivity contribution is -0.386. The molecule has 3 aromatic carbocycles. The van der Waals surface area contributed by atoms with Crippen LogP contribution in [0.5, 0.6) is 5.75 Å². The maximum Gasteiger partial charge on any atom is 0.335 e. The number of hydrogen-bond donors (Lipinski definition) is 1. The SMILES string of the molecule is CCc1nc2ccc(Br)cc2c(=O)n1N=Cc1cc(Br)c(OCc2cccc(C(=O)O)c2)c([N+](=O)[O-])c1. The molecule has 1 N–H and O–H groups in total. The summed E-state index contributed by atoms with van der Waals surface area (Å²) in [5.74, 6) is -0.670. The Morgan fingerprint density at radius 2 is 2.00 bits per heavy atom. The van der Waals surface area contributed by atoms with Crippen LogP contribution in [-0.2, 0) is 13.0 Å². The molecule has 0 saturated heterocycles. The number of nitrogens with zero attached hydrogens (tertiary/aromatic N) is 4. The number of fused-ring (bicyclic) bond motifs is 1. The molecule has 0 aliphatic rings. The van der Waals surface area contributed by atoms with Crippen LogP contribution in [-0.4, -0.2) is 31.9 Å². The second-order valence-electron chi connectivity index (χ2n) is 7.81. The van der Waals surface area contributed by atoms with Crippen LogP contribution < -0.4 is 10.3 Å². The van der Waals surface area contributed by atoms with Gasteiger partial charge in [-0.15, -0.1) is 0 Å². The van der Waals surface area contributed by atoms with Crippen LogP contribution in [0.2, 0.25) is 0 Å². The first-order valence-electron chi connectivity index (χ1n) is 10.9. The number of halogens is 2. The molecular formula is C25H18Br2N4O6. The van der Waals surface area contributed by atoms with Gasteiger partial charge in [-0.2, -0.15) is 9.78 Å². The van der Waals surface area contributed by atoms with E-state index in [1.807, 2.05) is 6.92 Å². The monoisotopic (exact) mass is 628 g/mol. The summed E-state index contributed by atoms with van der Waals surface area (Å²) in [4.78, 5) is 40.0. The summed E-state index contributed by atoms with van der Waals surface area (Å²) in [6.45, 7) is 1.76. The van der Waals surface area contributed by atoms with E-state index in [-0.39, 0.29) is 29.2 Å². The highest BCUT2D eigenvalue weighted by molar-refractivity contribution is 9.10. The van der Waals surface area contributed by atoms with Crippen LogP contribution in [0.3, 0.4) is 0 Å². The summed E-state index contributed by atoms with van der Waals surface area (Å²) in [5.41, 5.74) is 0.824. The Labute approximate surface area is 226 Å². The average Bonchev–Trinajstić information content (AvgIpc) is 2.87. The quantitative estimate of drug-likeness (QED) is 0.153. The molecule has 0 radical (unpaired) electrons. The minimum atomic E-state index is -1.09. The van der Waals surface area contributed by atoms with Crippen molar-refractivity contribution in [3.63, 3.8) is 0 Å². The van der Waals surface area contributed by atoms with E-state index in [1.165, 1.54) is 29.1 Å². The summed E-state index contributed by atoms with van der Waals surface area (Å²) in [6.07, 6.45) is 1.78. The molecule has 1 aromatic heterocycles. The minimum Gasteiger partial charge on any atom is -0.481 e. The minimum absolute atomic E-state index is 0.0217. The van der Waals surface area contributed by atoms with Gasteiger partial charge in [-0.05, 0) is 57.9 Å². The third-order valence-corrected chi connectivity index (χ3v) is 6.40. The average molecular weight is 630 g/mol. The number of aromatic carboxylic acids is 1. The first kappa shape index (κ1) is 26.2. The van der Waals surface area contributed by atoms with Gasteiger partial charge in [-0.25, -0.2) is 9.78 Å². The number of ether oxygens (including phenoxy) is 1. The predicted molar refractivity (Wildman–Crippen MR) is 145 cm³/mol. The third kappa shape index (κ3) is 5.75. The number of carboxylic acid groups (broad SMARTS) is 1. The van der Waals surface area contributed by atoms with Gasteiger partial charge in [0, 0.05) is 22.5 Å². The summed E-state index contributed by atoms with van der Waals surface area (Å²) in [6, 6.07) is 14.1. The standard InChI is InChI=1S/C25H18Br2N4O6/c1-2-22-29-20-7-6-17(26)11-18(20)24(32)30(22)28-12-15-9-19(27)23(21(10-15)31(35)36)37-13-14-4-3-5-16(8-14)25(33)34/h3-12H,2,13H2,1H3,(H,33,34). The maximum atomic E-state index is 13.1. The van der Waals surface area contributed by atoms with E-state index in [9.17, 15) is 19.7 Å². The van der Waals surface area contributed by atoms with E-state index in [4.69, 9.17) is 9.84 Å². The highest BCUT2D eigenvalue weighted by Crippen LogP contribution is 2.36. The van der Waals surface area contributed by atoms with Crippen molar-refractivity contribution in [3.8, 4) is 5.75 Å². The molecule has 0 saturated carbocycles. The summed E-state index contributed by atoms with van der Waals surface area (Å²) in [7, 11) is 0. The first-order chi connectivity index (χ1) is 17.7. The molecule has 4 aromatic rings. The Morgan fingerprint density at radius 3 is 2.70 bits per heavy atom. The fourth-order valence-electron chi connectivity index (χ4n) is 3.57. The Hall–Kier alpha value is -3.90. The van der Waals surface area contributed by atoms with Crippen molar-refractivity contribution in [1.82, 2.24) is 9.66 Å². The van der Waals surface area contributed by atoms with E-state index in [2.05, 4.69) is 41.9 Å². The van der Waals surface area contributed by atoms with Gasteiger partial charge in [0.25, 0.3) is 5.56 Å². The lowest BCUT2D eigenvalue weighted by atomic mass is 10.1. The number of aryl methyl sites for hydroxylation is 1. The summed E-state index contributed by atoms with van der Waals surface area (Å²) >= 11 is 6.67. The molecule has 188 valence electrons. The van der Waals surface area contributed by atoms with Gasteiger partial charge in [-0.1, -0.05) is 35.0 Å². The molecular weight excluding hydrogens is 612 g/mol. The summed E-state index contributed by atoms with van der Waals surface area (Å²) < 4.78 is 7.88. The number of nitro benzene ring substituents is 1. The van der Waals surface area contributed by atoms with Gasteiger partial charge in [0.05, 0.1) is 32.1 Å². The van der Waals surface area contributed by atoms with E-state index >= 15 is 0 Å². The van der Waals surface area contributed by atoms with Gasteiger partial charge >= 0.3 is 11.7 Å². The lowest BCUT2D eigenvalue weighted by Crippen LogP contribution is -2.22. The lowest BCUT2D eigenvalue weighted by Gasteiger charge is -2.11. The molecule has 12 heteroatoms. The van der Waals surface area contributed by atoms with Crippen LogP contribution in [0.4, 0.5) is 5.69 Å². The Balaban J connectivity index is 1.68. The van der Waals surface area contributed by atoms with Crippen LogP contribution in [0.25, 0.3) is 10.9 Å². The van der Waals surface area contributed by atoms with Gasteiger partial charge in [0.15, 0.2) is 0 Å². The molecule has 0 aliphatic heterocycles. The molecule has 0 fully saturated rings. The Bertz CT molecular complexity index is 1630. The maximum absolute atomic E-state index is 13.1. The van der Waals surface area contributed by atoms with Crippen LogP contribution in [0.1, 0.15) is 34.2 Å².